The lowest BCUT2D eigenvalue weighted by atomic mass is 10.1. The highest BCUT2D eigenvalue weighted by atomic mass is 35.5. The summed E-state index contributed by atoms with van der Waals surface area (Å²) in [7, 11) is 1.27. The molecule has 0 unspecified atom stereocenters. The first-order valence-electron chi connectivity index (χ1n) is 7.14. The molecule has 1 aromatic carbocycles. The number of rotatable bonds is 5. The molecule has 1 N–H and O–H groups in total. The molecule has 0 spiro atoms. The van der Waals surface area contributed by atoms with Gasteiger partial charge in [0.25, 0.3) is 5.91 Å². The number of hydrogen-bond donors (Lipinski definition) is 1. The fraction of sp³-hybridized carbons (Fsp3) is 0.438. The number of methoxy groups -OCH3 is 1. The molecular weight excluding hydrogens is 357 g/mol. The van der Waals surface area contributed by atoms with Crippen molar-refractivity contribution in [1.82, 2.24) is 0 Å². The van der Waals surface area contributed by atoms with E-state index < -0.39 is 34.2 Å². The predicted octanol–water partition coefficient (Wildman–Crippen LogP) is 2.85. The minimum atomic E-state index is -1.15. The van der Waals surface area contributed by atoms with Gasteiger partial charge in [0, 0.05) is 12.1 Å². The van der Waals surface area contributed by atoms with E-state index in [0.29, 0.717) is 11.3 Å². The first kappa shape index (κ1) is 18.5. The van der Waals surface area contributed by atoms with Crippen LogP contribution >= 0.6 is 23.2 Å². The third-order valence-corrected chi connectivity index (χ3v) is 5.08. The van der Waals surface area contributed by atoms with E-state index in [1.807, 2.05) is 0 Å². The third-order valence-electron chi connectivity index (χ3n) is 3.98. The van der Waals surface area contributed by atoms with Crippen molar-refractivity contribution >= 4 is 46.7 Å². The Morgan fingerprint density at radius 1 is 1.29 bits per heavy atom. The summed E-state index contributed by atoms with van der Waals surface area (Å²) in [6, 6.07) is 4.76. The smallest absolute Gasteiger partial charge is 0.337 e. The van der Waals surface area contributed by atoms with Crippen LogP contribution in [-0.4, -0.2) is 35.9 Å². The van der Waals surface area contributed by atoms with E-state index in [1.165, 1.54) is 13.2 Å². The number of aryl methyl sites for hydroxylation is 1. The molecule has 1 aliphatic rings. The van der Waals surface area contributed by atoms with Crippen molar-refractivity contribution < 1.29 is 23.9 Å². The largest absolute Gasteiger partial charge is 0.465 e. The number of carbonyl (C=O) groups excluding carboxylic acids is 3. The number of amides is 1. The van der Waals surface area contributed by atoms with Crippen LogP contribution in [-0.2, 0) is 19.1 Å². The average Bonchev–Trinajstić information content (AvgIpc) is 3.06. The zero-order valence-corrected chi connectivity index (χ0v) is 15.0. The number of nitrogens with one attached hydrogen (secondary N) is 1. The van der Waals surface area contributed by atoms with Crippen molar-refractivity contribution in [3.05, 3.63) is 29.3 Å². The highest BCUT2D eigenvalue weighted by Crippen LogP contribution is 2.64. The molecule has 1 saturated carbocycles. The third kappa shape index (κ3) is 3.65. The topological polar surface area (TPSA) is 81.7 Å². The number of halogens is 2. The second-order valence-corrected chi connectivity index (χ2v) is 7.34. The Morgan fingerprint density at radius 2 is 1.92 bits per heavy atom. The fourth-order valence-corrected chi connectivity index (χ4v) is 2.79. The number of hydrogen-bond acceptors (Lipinski definition) is 5. The van der Waals surface area contributed by atoms with Crippen LogP contribution in [0.15, 0.2) is 18.2 Å². The Bertz CT molecular complexity index is 704. The second-order valence-electron chi connectivity index (χ2n) is 5.86. The van der Waals surface area contributed by atoms with E-state index in [1.54, 1.807) is 26.0 Å². The van der Waals surface area contributed by atoms with E-state index in [9.17, 15) is 14.4 Å². The van der Waals surface area contributed by atoms with Gasteiger partial charge < -0.3 is 14.8 Å². The summed E-state index contributed by atoms with van der Waals surface area (Å²) in [6.45, 7) is 2.88. The molecule has 24 heavy (non-hydrogen) atoms. The van der Waals surface area contributed by atoms with Crippen LogP contribution in [0.25, 0.3) is 0 Å². The maximum absolute atomic E-state index is 12.0. The summed E-state index contributed by atoms with van der Waals surface area (Å²) in [5, 5.41) is 2.59. The Morgan fingerprint density at radius 3 is 2.46 bits per heavy atom. The molecule has 1 aliphatic carbocycles. The first-order valence-corrected chi connectivity index (χ1v) is 7.90. The predicted molar refractivity (Wildman–Crippen MR) is 89.3 cm³/mol. The molecule has 0 aromatic heterocycles. The van der Waals surface area contributed by atoms with Gasteiger partial charge in [0.05, 0.1) is 12.7 Å². The second kappa shape index (κ2) is 6.61. The van der Waals surface area contributed by atoms with Crippen molar-refractivity contribution in [2.24, 2.45) is 5.41 Å². The molecule has 0 bridgehead atoms. The molecule has 0 radical (unpaired) electrons. The van der Waals surface area contributed by atoms with Gasteiger partial charge in [-0.1, -0.05) is 6.07 Å². The molecule has 0 saturated heterocycles. The number of anilines is 1. The highest BCUT2D eigenvalue weighted by Gasteiger charge is 2.69. The highest BCUT2D eigenvalue weighted by molar-refractivity contribution is 6.53. The van der Waals surface area contributed by atoms with E-state index in [-0.39, 0.29) is 6.42 Å². The normalized spacial score (nSPS) is 20.9. The van der Waals surface area contributed by atoms with Gasteiger partial charge in [-0.2, -0.15) is 0 Å². The molecule has 2 rings (SSSR count). The van der Waals surface area contributed by atoms with Crippen LogP contribution in [0.3, 0.4) is 0 Å². The Hall–Kier alpha value is -1.79. The summed E-state index contributed by atoms with van der Waals surface area (Å²) in [4.78, 5) is 35.4. The Kier molecular flexibility index (Phi) is 5.11. The van der Waals surface area contributed by atoms with Crippen LogP contribution in [0.1, 0.15) is 29.3 Å². The van der Waals surface area contributed by atoms with Crippen LogP contribution < -0.4 is 5.32 Å². The monoisotopic (exact) mass is 373 g/mol. The zero-order chi connectivity index (χ0) is 18.1. The Labute approximate surface area is 149 Å². The summed E-state index contributed by atoms with van der Waals surface area (Å²) in [5.41, 5.74) is 0.490. The van der Waals surface area contributed by atoms with Gasteiger partial charge in [0.15, 0.2) is 6.61 Å². The minimum Gasteiger partial charge on any atom is -0.465 e. The van der Waals surface area contributed by atoms with Gasteiger partial charge in [-0.3, -0.25) is 9.59 Å². The molecule has 0 aliphatic heterocycles. The van der Waals surface area contributed by atoms with Gasteiger partial charge >= 0.3 is 11.9 Å². The Balaban J connectivity index is 1.95. The summed E-state index contributed by atoms with van der Waals surface area (Å²) >= 11 is 11.8. The molecular formula is C16H17Cl2NO5. The average molecular weight is 374 g/mol. The first-order chi connectivity index (χ1) is 11.1. The molecule has 1 atom stereocenters. The van der Waals surface area contributed by atoms with Crippen LogP contribution in [0, 0.1) is 12.3 Å². The van der Waals surface area contributed by atoms with Crippen LogP contribution in [0.2, 0.25) is 0 Å². The van der Waals surface area contributed by atoms with Crippen molar-refractivity contribution in [2.45, 2.75) is 24.6 Å². The zero-order valence-electron chi connectivity index (χ0n) is 13.4. The number of benzene rings is 1. The van der Waals surface area contributed by atoms with Gasteiger partial charge in [-0.25, -0.2) is 4.79 Å². The molecule has 8 heteroatoms. The maximum atomic E-state index is 12.0. The summed E-state index contributed by atoms with van der Waals surface area (Å²) in [6.07, 6.45) is 0.282. The van der Waals surface area contributed by atoms with E-state index in [4.69, 9.17) is 27.9 Å². The SMILES string of the molecule is COC(=O)c1ccc(C)c(NC(=O)COC(=O)[C@]2(C)CC2(Cl)Cl)c1. The van der Waals surface area contributed by atoms with Gasteiger partial charge in [0.1, 0.15) is 9.75 Å². The maximum Gasteiger partial charge on any atom is 0.337 e. The van der Waals surface area contributed by atoms with Crippen molar-refractivity contribution in [3.63, 3.8) is 0 Å². The molecule has 130 valence electrons. The lowest BCUT2D eigenvalue weighted by Crippen LogP contribution is -2.27. The van der Waals surface area contributed by atoms with Crippen molar-refractivity contribution in [1.29, 1.82) is 0 Å². The summed E-state index contributed by atoms with van der Waals surface area (Å²) < 4.78 is 8.45. The van der Waals surface area contributed by atoms with Crippen LogP contribution in [0.5, 0.6) is 0 Å². The van der Waals surface area contributed by atoms with Crippen LogP contribution in [0.4, 0.5) is 5.69 Å². The van der Waals surface area contributed by atoms with Gasteiger partial charge in [0.2, 0.25) is 0 Å². The van der Waals surface area contributed by atoms with E-state index >= 15 is 0 Å². The number of ether oxygens (including phenoxy) is 2. The van der Waals surface area contributed by atoms with Crippen molar-refractivity contribution in [3.8, 4) is 0 Å². The quantitative estimate of drug-likeness (QED) is 0.633. The fourth-order valence-electron chi connectivity index (χ4n) is 2.10. The molecule has 1 fully saturated rings. The summed E-state index contributed by atoms with van der Waals surface area (Å²) in [5.74, 6) is -1.67. The standard InChI is InChI=1S/C16H17Cl2NO5/c1-9-4-5-10(13(21)23-3)6-11(9)19-12(20)7-24-14(22)15(2)8-16(15,17)18/h4-6H,7-8H2,1-3H3,(H,19,20)/t15-/m0/s1. The van der Waals surface area contributed by atoms with E-state index in [2.05, 4.69) is 10.1 Å². The minimum absolute atomic E-state index is 0.282. The van der Waals surface area contributed by atoms with Crippen molar-refractivity contribution in [2.75, 3.05) is 19.0 Å². The molecule has 1 amide bonds. The van der Waals surface area contributed by atoms with Gasteiger partial charge in [-0.15, -0.1) is 23.2 Å². The lowest BCUT2D eigenvalue weighted by molar-refractivity contribution is -0.152. The molecule has 6 nitrogen and oxygen atoms in total. The number of alkyl halides is 2. The molecule has 0 heterocycles. The number of esters is 2. The lowest BCUT2D eigenvalue weighted by Gasteiger charge is -2.13. The number of carbonyl (C=O) groups is 3. The molecule has 1 aromatic rings. The van der Waals surface area contributed by atoms with Gasteiger partial charge in [-0.05, 0) is 31.5 Å². The van der Waals surface area contributed by atoms with E-state index in [0.717, 1.165) is 5.56 Å².